The molecule has 0 amide bonds. The van der Waals surface area contributed by atoms with E-state index in [0.29, 0.717) is 6.04 Å². The van der Waals surface area contributed by atoms with Crippen molar-refractivity contribution in [1.82, 2.24) is 24.8 Å². The molecule has 1 aliphatic carbocycles. The Kier molecular flexibility index (Phi) is 4.36. The zero-order valence-electron chi connectivity index (χ0n) is 12.6. The number of nitrogens with one attached hydrogen (secondary N) is 1. The Morgan fingerprint density at radius 2 is 2.19 bits per heavy atom. The highest BCUT2D eigenvalue weighted by atomic mass is 15.3. The van der Waals surface area contributed by atoms with E-state index in [1.807, 2.05) is 17.8 Å². The van der Waals surface area contributed by atoms with Gasteiger partial charge in [-0.1, -0.05) is 19.3 Å². The van der Waals surface area contributed by atoms with Gasteiger partial charge in [0.1, 0.15) is 0 Å². The third kappa shape index (κ3) is 3.16. The molecule has 1 aliphatic rings. The lowest BCUT2D eigenvalue weighted by Gasteiger charge is -2.22. The predicted octanol–water partition coefficient (Wildman–Crippen LogP) is 1.87. The van der Waals surface area contributed by atoms with E-state index in [-0.39, 0.29) is 6.04 Å². The molecule has 1 atom stereocenters. The highest BCUT2D eigenvalue weighted by Crippen LogP contribution is 2.27. The number of nitrogens with two attached hydrogens (primary N) is 1. The topological polar surface area (TPSA) is 73.7 Å². The largest absolute Gasteiger partial charge is 0.336 e. The summed E-state index contributed by atoms with van der Waals surface area (Å²) in [5.41, 5.74) is 5.02. The van der Waals surface area contributed by atoms with E-state index < -0.39 is 0 Å². The second-order valence-corrected chi connectivity index (χ2v) is 5.93. The molecule has 114 valence electrons. The molecule has 0 bridgehead atoms. The maximum absolute atomic E-state index is 5.70. The molecule has 3 N–H and O–H groups in total. The maximum atomic E-state index is 5.70. The van der Waals surface area contributed by atoms with Crippen molar-refractivity contribution >= 4 is 0 Å². The van der Waals surface area contributed by atoms with Crippen LogP contribution in [0.3, 0.4) is 0 Å². The van der Waals surface area contributed by atoms with Crippen LogP contribution in [0.4, 0.5) is 0 Å². The molecule has 1 saturated carbocycles. The molecular formula is C15H24N6. The maximum Gasteiger partial charge on any atom is 0.0946 e. The SMILES string of the molecule is Cn1cncc1C(Cc1ccn(C2CCCCC2)n1)NN. The first-order valence-corrected chi connectivity index (χ1v) is 7.74. The monoisotopic (exact) mass is 288 g/mol. The number of nitrogens with zero attached hydrogens (tertiary/aromatic N) is 4. The van der Waals surface area contributed by atoms with Crippen LogP contribution >= 0.6 is 0 Å². The second kappa shape index (κ2) is 6.41. The summed E-state index contributed by atoms with van der Waals surface area (Å²) in [6.45, 7) is 0. The number of hydrazine groups is 1. The van der Waals surface area contributed by atoms with Crippen LogP contribution in [0.25, 0.3) is 0 Å². The zero-order chi connectivity index (χ0) is 14.7. The fourth-order valence-electron chi connectivity index (χ4n) is 3.20. The average Bonchev–Trinajstić information content (AvgIpc) is 3.15. The minimum atomic E-state index is 0.0344. The van der Waals surface area contributed by atoms with Gasteiger partial charge in [-0.25, -0.2) is 4.98 Å². The van der Waals surface area contributed by atoms with Crippen molar-refractivity contribution in [2.45, 2.75) is 50.6 Å². The first-order chi connectivity index (χ1) is 10.3. The van der Waals surface area contributed by atoms with Gasteiger partial charge in [0, 0.05) is 25.9 Å². The Bertz CT molecular complexity index is 566. The van der Waals surface area contributed by atoms with Gasteiger partial charge in [-0.2, -0.15) is 5.10 Å². The first-order valence-electron chi connectivity index (χ1n) is 7.74. The average molecular weight is 288 g/mol. The fraction of sp³-hybridized carbons (Fsp3) is 0.600. The van der Waals surface area contributed by atoms with E-state index in [1.165, 1.54) is 32.1 Å². The van der Waals surface area contributed by atoms with Crippen LogP contribution < -0.4 is 11.3 Å². The van der Waals surface area contributed by atoms with Crippen molar-refractivity contribution in [3.63, 3.8) is 0 Å². The van der Waals surface area contributed by atoms with Gasteiger partial charge in [0.15, 0.2) is 0 Å². The molecule has 6 nitrogen and oxygen atoms in total. The summed E-state index contributed by atoms with van der Waals surface area (Å²) in [5.74, 6) is 5.70. The fourth-order valence-corrected chi connectivity index (χ4v) is 3.20. The number of rotatable bonds is 5. The van der Waals surface area contributed by atoms with Crippen molar-refractivity contribution < 1.29 is 0 Å². The summed E-state index contributed by atoms with van der Waals surface area (Å²) in [7, 11) is 1.98. The Hall–Kier alpha value is -1.66. The van der Waals surface area contributed by atoms with Crippen LogP contribution in [0.1, 0.15) is 55.6 Å². The number of aromatic nitrogens is 4. The molecule has 21 heavy (non-hydrogen) atoms. The normalized spacial score (nSPS) is 18.0. The van der Waals surface area contributed by atoms with Gasteiger partial charge in [-0.15, -0.1) is 0 Å². The number of aryl methyl sites for hydroxylation is 1. The van der Waals surface area contributed by atoms with E-state index in [0.717, 1.165) is 17.8 Å². The van der Waals surface area contributed by atoms with Gasteiger partial charge >= 0.3 is 0 Å². The second-order valence-electron chi connectivity index (χ2n) is 5.93. The molecule has 2 heterocycles. The Morgan fingerprint density at radius 1 is 1.38 bits per heavy atom. The summed E-state index contributed by atoms with van der Waals surface area (Å²) >= 11 is 0. The third-order valence-electron chi connectivity index (χ3n) is 4.44. The van der Waals surface area contributed by atoms with Crippen molar-refractivity contribution in [3.05, 3.63) is 36.2 Å². The van der Waals surface area contributed by atoms with E-state index in [1.54, 1.807) is 6.33 Å². The zero-order valence-corrected chi connectivity index (χ0v) is 12.6. The van der Waals surface area contributed by atoms with Gasteiger partial charge in [0.05, 0.1) is 29.8 Å². The van der Waals surface area contributed by atoms with Gasteiger partial charge < -0.3 is 4.57 Å². The molecule has 2 aromatic rings. The van der Waals surface area contributed by atoms with Crippen LogP contribution in [-0.2, 0) is 13.5 Å². The summed E-state index contributed by atoms with van der Waals surface area (Å²) in [6.07, 6.45) is 13.0. The molecule has 0 radical (unpaired) electrons. The van der Waals surface area contributed by atoms with Crippen LogP contribution in [0.2, 0.25) is 0 Å². The van der Waals surface area contributed by atoms with E-state index in [2.05, 4.69) is 27.4 Å². The predicted molar refractivity (Wildman–Crippen MR) is 81.3 cm³/mol. The van der Waals surface area contributed by atoms with Gasteiger partial charge in [0.25, 0.3) is 0 Å². The molecular weight excluding hydrogens is 264 g/mol. The first kappa shape index (κ1) is 14.3. The van der Waals surface area contributed by atoms with Crippen molar-refractivity contribution in [3.8, 4) is 0 Å². The van der Waals surface area contributed by atoms with Crippen molar-refractivity contribution in [2.75, 3.05) is 0 Å². The molecule has 3 rings (SSSR count). The molecule has 2 aromatic heterocycles. The minimum absolute atomic E-state index is 0.0344. The van der Waals surface area contributed by atoms with Crippen molar-refractivity contribution in [1.29, 1.82) is 0 Å². The van der Waals surface area contributed by atoms with Crippen LogP contribution in [0.5, 0.6) is 0 Å². The molecule has 0 spiro atoms. The van der Waals surface area contributed by atoms with E-state index in [4.69, 9.17) is 10.9 Å². The smallest absolute Gasteiger partial charge is 0.0946 e. The van der Waals surface area contributed by atoms with Crippen LogP contribution in [0, 0.1) is 0 Å². The van der Waals surface area contributed by atoms with Gasteiger partial charge in [0.2, 0.25) is 0 Å². The molecule has 1 unspecified atom stereocenters. The standard InChI is InChI=1S/C15H24N6/c1-20-11-17-10-15(20)14(18-16)9-12-7-8-21(19-12)13-5-3-2-4-6-13/h7-8,10-11,13-14,18H,2-6,9,16H2,1H3. The molecule has 1 fully saturated rings. The van der Waals surface area contributed by atoms with Crippen LogP contribution in [-0.4, -0.2) is 19.3 Å². The van der Waals surface area contributed by atoms with E-state index in [9.17, 15) is 0 Å². The van der Waals surface area contributed by atoms with Crippen LogP contribution in [0.15, 0.2) is 24.8 Å². The molecule has 6 heteroatoms. The third-order valence-corrected chi connectivity index (χ3v) is 4.44. The molecule has 0 saturated heterocycles. The van der Waals surface area contributed by atoms with Gasteiger partial charge in [-0.3, -0.25) is 16.0 Å². The lowest BCUT2D eigenvalue weighted by Crippen LogP contribution is -2.31. The summed E-state index contributed by atoms with van der Waals surface area (Å²) in [5, 5.41) is 4.75. The summed E-state index contributed by atoms with van der Waals surface area (Å²) < 4.78 is 4.13. The highest BCUT2D eigenvalue weighted by Gasteiger charge is 2.18. The summed E-state index contributed by atoms with van der Waals surface area (Å²) in [6, 6.07) is 2.72. The van der Waals surface area contributed by atoms with Crippen molar-refractivity contribution in [2.24, 2.45) is 12.9 Å². The Labute approximate surface area is 125 Å². The number of hydrogen-bond donors (Lipinski definition) is 2. The minimum Gasteiger partial charge on any atom is -0.336 e. The lowest BCUT2D eigenvalue weighted by atomic mass is 9.96. The lowest BCUT2D eigenvalue weighted by molar-refractivity contribution is 0.327. The quantitative estimate of drug-likeness (QED) is 0.650. The highest BCUT2D eigenvalue weighted by molar-refractivity contribution is 5.11. The van der Waals surface area contributed by atoms with E-state index >= 15 is 0 Å². The molecule has 0 aromatic carbocycles. The number of imidazole rings is 1. The number of hydrogen-bond acceptors (Lipinski definition) is 4. The Balaban J connectivity index is 1.69. The Morgan fingerprint density at radius 3 is 2.86 bits per heavy atom. The van der Waals surface area contributed by atoms with Gasteiger partial charge in [-0.05, 0) is 18.9 Å². The molecule has 0 aliphatic heterocycles. The summed E-state index contributed by atoms with van der Waals surface area (Å²) in [4.78, 5) is 4.15.